The maximum Gasteiger partial charge on any atom is 0.433 e. The lowest BCUT2D eigenvalue weighted by atomic mass is 10.4. The lowest BCUT2D eigenvalue weighted by Crippen LogP contribution is -2.00. The number of thioether (sulfide) groups is 1. The molecule has 2 aromatic rings. The summed E-state index contributed by atoms with van der Waals surface area (Å²) in [6.45, 7) is 0. The smallest absolute Gasteiger partial charge is 0.397 e. The molecule has 2 rings (SSSR count). The highest BCUT2D eigenvalue weighted by atomic mass is 32.2. The van der Waals surface area contributed by atoms with E-state index in [4.69, 9.17) is 10.2 Å². The topological polar surface area (TPSA) is 121 Å². The maximum atomic E-state index is 10.5. The monoisotopic (exact) mass is 253 g/mol. The van der Waals surface area contributed by atoms with E-state index in [0.717, 1.165) is 0 Å². The molecule has 2 heterocycles. The molecule has 9 heteroatoms. The first-order chi connectivity index (χ1) is 8.10. The Morgan fingerprint density at radius 2 is 2.18 bits per heavy atom. The molecular weight excluding hydrogens is 246 g/mol. The first-order valence-corrected chi connectivity index (χ1v) is 5.63. The summed E-state index contributed by atoms with van der Waals surface area (Å²) in [5.74, 6) is 0.0270. The highest BCUT2D eigenvalue weighted by Gasteiger charge is 2.16. The minimum Gasteiger partial charge on any atom is -0.397 e. The van der Waals surface area contributed by atoms with E-state index in [9.17, 15) is 10.1 Å². The Morgan fingerprint density at radius 3 is 2.76 bits per heavy atom. The summed E-state index contributed by atoms with van der Waals surface area (Å²) < 4.78 is 4.97. The lowest BCUT2D eigenvalue weighted by Gasteiger charge is -1.99. The first kappa shape index (κ1) is 11.3. The molecule has 0 spiro atoms. The van der Waals surface area contributed by atoms with Crippen molar-refractivity contribution in [1.82, 2.24) is 15.0 Å². The van der Waals surface area contributed by atoms with Crippen LogP contribution in [-0.4, -0.2) is 26.1 Å². The van der Waals surface area contributed by atoms with Crippen LogP contribution < -0.4 is 5.73 Å². The van der Waals surface area contributed by atoms with Gasteiger partial charge in [0.2, 0.25) is 11.8 Å². The SMILES string of the molecule is CSc1nc(N)nc(-c2ccc([N+](=O)[O-])o2)n1. The average molecular weight is 253 g/mol. The number of furan rings is 1. The van der Waals surface area contributed by atoms with E-state index in [-0.39, 0.29) is 23.4 Å². The van der Waals surface area contributed by atoms with Crippen molar-refractivity contribution in [2.45, 2.75) is 5.16 Å². The molecule has 2 aromatic heterocycles. The standard InChI is InChI=1S/C8H7N5O3S/c1-17-8-11-6(10-7(9)12-8)4-2-3-5(16-4)13(14)15/h2-3H,1H3,(H2,9,10,11,12). The largest absolute Gasteiger partial charge is 0.433 e. The molecular formula is C8H7N5O3S. The third kappa shape index (κ3) is 2.33. The number of aromatic nitrogens is 3. The minimum atomic E-state index is -0.635. The summed E-state index contributed by atoms with van der Waals surface area (Å²) in [5.41, 5.74) is 5.49. The third-order valence-corrected chi connectivity index (χ3v) is 2.35. The fourth-order valence-electron chi connectivity index (χ4n) is 1.12. The highest BCUT2D eigenvalue weighted by molar-refractivity contribution is 7.98. The van der Waals surface area contributed by atoms with Crippen LogP contribution in [0.3, 0.4) is 0 Å². The summed E-state index contributed by atoms with van der Waals surface area (Å²) in [6, 6.07) is 2.64. The lowest BCUT2D eigenvalue weighted by molar-refractivity contribution is -0.401. The van der Waals surface area contributed by atoms with E-state index in [0.29, 0.717) is 5.16 Å². The van der Waals surface area contributed by atoms with E-state index in [1.807, 2.05) is 0 Å². The van der Waals surface area contributed by atoms with Gasteiger partial charge in [0.05, 0.1) is 6.07 Å². The van der Waals surface area contributed by atoms with Gasteiger partial charge in [-0.1, -0.05) is 11.8 Å². The van der Waals surface area contributed by atoms with Crippen molar-refractivity contribution in [3.8, 4) is 11.6 Å². The highest BCUT2D eigenvalue weighted by Crippen LogP contribution is 2.24. The molecule has 0 aliphatic heterocycles. The van der Waals surface area contributed by atoms with Gasteiger partial charge in [0.25, 0.3) is 0 Å². The number of rotatable bonds is 3. The molecule has 0 atom stereocenters. The van der Waals surface area contributed by atoms with Crippen LogP contribution in [0.15, 0.2) is 21.7 Å². The second-order valence-corrected chi connectivity index (χ2v) is 3.67. The van der Waals surface area contributed by atoms with E-state index >= 15 is 0 Å². The number of nitrogens with zero attached hydrogens (tertiary/aromatic N) is 4. The zero-order chi connectivity index (χ0) is 12.4. The Morgan fingerprint density at radius 1 is 1.41 bits per heavy atom. The third-order valence-electron chi connectivity index (χ3n) is 1.81. The molecule has 0 unspecified atom stereocenters. The summed E-state index contributed by atoms with van der Waals surface area (Å²) in [5, 5.41) is 10.9. The Bertz CT molecular complexity index is 570. The Kier molecular flexibility index (Phi) is 2.91. The maximum absolute atomic E-state index is 10.5. The summed E-state index contributed by atoms with van der Waals surface area (Å²) in [4.78, 5) is 21.6. The molecule has 0 aromatic carbocycles. The minimum absolute atomic E-state index is 0.0402. The van der Waals surface area contributed by atoms with E-state index in [1.165, 1.54) is 23.9 Å². The fourth-order valence-corrected chi connectivity index (χ4v) is 1.48. The molecule has 0 fully saturated rings. The fraction of sp³-hybridized carbons (Fsp3) is 0.125. The number of hydrogen-bond donors (Lipinski definition) is 1. The van der Waals surface area contributed by atoms with Crippen molar-refractivity contribution >= 4 is 23.6 Å². The van der Waals surface area contributed by atoms with Crippen molar-refractivity contribution < 1.29 is 9.34 Å². The Hall–Kier alpha value is -2.16. The van der Waals surface area contributed by atoms with Crippen molar-refractivity contribution in [3.63, 3.8) is 0 Å². The van der Waals surface area contributed by atoms with E-state index in [2.05, 4.69) is 15.0 Å². The quantitative estimate of drug-likeness (QED) is 0.494. The summed E-state index contributed by atoms with van der Waals surface area (Å²) >= 11 is 1.29. The normalized spacial score (nSPS) is 10.4. The van der Waals surface area contributed by atoms with Crippen LogP contribution in [-0.2, 0) is 0 Å². The van der Waals surface area contributed by atoms with Gasteiger partial charge in [-0.3, -0.25) is 10.1 Å². The molecule has 88 valence electrons. The molecule has 0 amide bonds. The van der Waals surface area contributed by atoms with Crippen LogP contribution in [0.1, 0.15) is 0 Å². The van der Waals surface area contributed by atoms with Gasteiger partial charge in [0, 0.05) is 0 Å². The van der Waals surface area contributed by atoms with Gasteiger partial charge in [-0.05, 0) is 12.3 Å². The van der Waals surface area contributed by atoms with Crippen molar-refractivity contribution in [1.29, 1.82) is 0 Å². The Balaban J connectivity index is 2.44. The summed E-state index contributed by atoms with van der Waals surface area (Å²) in [7, 11) is 0. The first-order valence-electron chi connectivity index (χ1n) is 4.40. The predicted molar refractivity (Wildman–Crippen MR) is 60.4 cm³/mol. The average Bonchev–Trinajstić information content (AvgIpc) is 2.77. The van der Waals surface area contributed by atoms with Crippen LogP contribution in [0.5, 0.6) is 0 Å². The van der Waals surface area contributed by atoms with E-state index in [1.54, 1.807) is 6.26 Å². The van der Waals surface area contributed by atoms with Crippen molar-refractivity contribution in [2.75, 3.05) is 12.0 Å². The summed E-state index contributed by atoms with van der Waals surface area (Å²) in [6.07, 6.45) is 1.78. The number of nitro groups is 1. The van der Waals surface area contributed by atoms with Crippen LogP contribution in [0.2, 0.25) is 0 Å². The van der Waals surface area contributed by atoms with Gasteiger partial charge in [-0.2, -0.15) is 15.0 Å². The van der Waals surface area contributed by atoms with Gasteiger partial charge in [0.1, 0.15) is 4.92 Å². The molecule has 8 nitrogen and oxygen atoms in total. The Labute approximate surface area is 99.4 Å². The second kappa shape index (κ2) is 4.37. The molecule has 0 saturated carbocycles. The predicted octanol–water partition coefficient (Wildman–Crippen LogP) is 1.34. The van der Waals surface area contributed by atoms with Crippen molar-refractivity contribution in [2.24, 2.45) is 0 Å². The van der Waals surface area contributed by atoms with Crippen LogP contribution in [0.25, 0.3) is 11.6 Å². The number of anilines is 1. The van der Waals surface area contributed by atoms with Crippen LogP contribution >= 0.6 is 11.8 Å². The molecule has 2 N–H and O–H groups in total. The molecule has 17 heavy (non-hydrogen) atoms. The molecule has 0 saturated heterocycles. The van der Waals surface area contributed by atoms with Gasteiger partial charge in [-0.15, -0.1) is 0 Å². The van der Waals surface area contributed by atoms with Gasteiger partial charge >= 0.3 is 5.88 Å². The zero-order valence-corrected chi connectivity index (χ0v) is 9.47. The molecule has 0 aliphatic carbocycles. The van der Waals surface area contributed by atoms with E-state index < -0.39 is 4.92 Å². The van der Waals surface area contributed by atoms with Gasteiger partial charge in [-0.25, -0.2) is 0 Å². The number of hydrogen-bond acceptors (Lipinski definition) is 8. The van der Waals surface area contributed by atoms with Gasteiger partial charge < -0.3 is 10.2 Å². The van der Waals surface area contributed by atoms with Crippen LogP contribution in [0.4, 0.5) is 11.8 Å². The molecule has 0 aliphatic rings. The second-order valence-electron chi connectivity index (χ2n) is 2.90. The molecule has 0 bridgehead atoms. The number of nitrogen functional groups attached to an aromatic ring is 1. The number of nitrogens with two attached hydrogens (primary N) is 1. The molecule has 0 radical (unpaired) electrons. The van der Waals surface area contributed by atoms with Crippen molar-refractivity contribution in [3.05, 3.63) is 22.2 Å². The van der Waals surface area contributed by atoms with Gasteiger partial charge in [0.15, 0.2) is 10.9 Å². The zero-order valence-electron chi connectivity index (χ0n) is 8.65. The van der Waals surface area contributed by atoms with Crippen LogP contribution in [0, 0.1) is 10.1 Å².